The second-order valence-electron chi connectivity index (χ2n) is 4.11. The van der Waals surface area contributed by atoms with E-state index in [1.54, 1.807) is 0 Å². The molecule has 1 aromatic carbocycles. The molecular weight excluding hydrogens is 262 g/mol. The van der Waals surface area contributed by atoms with E-state index in [1.807, 2.05) is 0 Å². The van der Waals surface area contributed by atoms with Gasteiger partial charge in [0.2, 0.25) is 0 Å². The zero-order valence-corrected chi connectivity index (χ0v) is 9.94. The lowest BCUT2D eigenvalue weighted by atomic mass is 9.81. The van der Waals surface area contributed by atoms with Gasteiger partial charge in [-0.3, -0.25) is 0 Å². The van der Waals surface area contributed by atoms with Crippen molar-refractivity contribution in [2.75, 3.05) is 0 Å². The van der Waals surface area contributed by atoms with Crippen molar-refractivity contribution in [3.8, 4) is 0 Å². The number of hydrogen-bond acceptors (Lipinski definition) is 0. The molecule has 1 fully saturated rings. The fourth-order valence-corrected chi connectivity index (χ4v) is 2.74. The topological polar surface area (TPSA) is 0 Å². The van der Waals surface area contributed by atoms with Crippen molar-refractivity contribution in [1.29, 1.82) is 0 Å². The minimum absolute atomic E-state index is 0.206. The van der Waals surface area contributed by atoms with Gasteiger partial charge in [0.1, 0.15) is 11.6 Å². The molecule has 0 heterocycles. The number of benzene rings is 1. The van der Waals surface area contributed by atoms with Crippen LogP contribution < -0.4 is 0 Å². The predicted molar refractivity (Wildman–Crippen MR) is 60.1 cm³/mol. The standard InChI is InChI=1S/C12H13BrF2/c13-10(8-3-1-4-8)7-9-11(14)5-2-6-12(9)15/h2,5-6,8,10H,1,3-4,7H2. The largest absolute Gasteiger partial charge is 0.207 e. The Kier molecular flexibility index (Phi) is 3.39. The monoisotopic (exact) mass is 274 g/mol. The van der Waals surface area contributed by atoms with Crippen molar-refractivity contribution in [2.24, 2.45) is 5.92 Å². The van der Waals surface area contributed by atoms with Crippen molar-refractivity contribution in [3.05, 3.63) is 35.4 Å². The van der Waals surface area contributed by atoms with Crippen LogP contribution in [0.5, 0.6) is 0 Å². The first kappa shape index (κ1) is 11.1. The van der Waals surface area contributed by atoms with Crippen LogP contribution in [0.2, 0.25) is 0 Å². The van der Waals surface area contributed by atoms with E-state index in [2.05, 4.69) is 15.9 Å². The first-order valence-electron chi connectivity index (χ1n) is 5.25. The average molecular weight is 275 g/mol. The summed E-state index contributed by atoms with van der Waals surface area (Å²) < 4.78 is 26.7. The van der Waals surface area contributed by atoms with E-state index in [1.165, 1.54) is 37.5 Å². The summed E-state index contributed by atoms with van der Waals surface area (Å²) in [6.45, 7) is 0. The molecule has 0 aliphatic heterocycles. The molecule has 1 unspecified atom stereocenters. The predicted octanol–water partition coefficient (Wildman–Crippen LogP) is 4.07. The van der Waals surface area contributed by atoms with Gasteiger partial charge >= 0.3 is 0 Å². The highest BCUT2D eigenvalue weighted by molar-refractivity contribution is 9.09. The summed E-state index contributed by atoms with van der Waals surface area (Å²) in [5.41, 5.74) is 0.214. The molecule has 1 aliphatic rings. The van der Waals surface area contributed by atoms with Crippen molar-refractivity contribution >= 4 is 15.9 Å². The van der Waals surface area contributed by atoms with Gasteiger partial charge in [0.15, 0.2) is 0 Å². The Hall–Kier alpha value is -0.440. The number of alkyl halides is 1. The Morgan fingerprint density at radius 3 is 2.33 bits per heavy atom. The first-order valence-corrected chi connectivity index (χ1v) is 6.17. The fraction of sp³-hybridized carbons (Fsp3) is 0.500. The van der Waals surface area contributed by atoms with Gasteiger partial charge in [-0.2, -0.15) is 0 Å². The van der Waals surface area contributed by atoms with Crippen LogP contribution in [0.4, 0.5) is 8.78 Å². The second kappa shape index (κ2) is 4.60. The number of halogens is 3. The van der Waals surface area contributed by atoms with Crippen LogP contribution in [0.1, 0.15) is 24.8 Å². The fourth-order valence-electron chi connectivity index (χ4n) is 1.89. The van der Waals surface area contributed by atoms with Gasteiger partial charge in [0.25, 0.3) is 0 Å². The highest BCUT2D eigenvalue weighted by atomic mass is 79.9. The quantitative estimate of drug-likeness (QED) is 0.729. The van der Waals surface area contributed by atoms with Crippen molar-refractivity contribution in [1.82, 2.24) is 0 Å². The summed E-state index contributed by atoms with van der Waals surface area (Å²) in [5, 5.41) is 0. The minimum Gasteiger partial charge on any atom is -0.207 e. The molecule has 0 aromatic heterocycles. The molecular formula is C12H13BrF2. The Morgan fingerprint density at radius 2 is 1.87 bits per heavy atom. The molecule has 1 aliphatic carbocycles. The maximum absolute atomic E-state index is 13.3. The molecule has 0 amide bonds. The third-order valence-corrected chi connectivity index (χ3v) is 4.19. The van der Waals surface area contributed by atoms with Crippen LogP contribution in [0.3, 0.4) is 0 Å². The van der Waals surface area contributed by atoms with E-state index in [4.69, 9.17) is 0 Å². The van der Waals surface area contributed by atoms with Crippen LogP contribution in [-0.4, -0.2) is 4.83 Å². The van der Waals surface area contributed by atoms with E-state index in [-0.39, 0.29) is 10.4 Å². The molecule has 3 heteroatoms. The summed E-state index contributed by atoms with van der Waals surface area (Å²) in [6.07, 6.45) is 4.04. The van der Waals surface area contributed by atoms with Crippen LogP contribution in [-0.2, 0) is 6.42 Å². The smallest absolute Gasteiger partial charge is 0.129 e. The van der Waals surface area contributed by atoms with Gasteiger partial charge in [-0.05, 0) is 37.3 Å². The van der Waals surface area contributed by atoms with Crippen molar-refractivity contribution in [3.63, 3.8) is 0 Å². The average Bonchev–Trinajstić information content (AvgIpc) is 2.08. The molecule has 0 radical (unpaired) electrons. The lowest BCUT2D eigenvalue weighted by Gasteiger charge is -2.30. The third kappa shape index (κ3) is 2.39. The molecule has 1 atom stereocenters. The molecule has 0 spiro atoms. The van der Waals surface area contributed by atoms with Crippen LogP contribution in [0.25, 0.3) is 0 Å². The summed E-state index contributed by atoms with van der Waals surface area (Å²) in [5.74, 6) is -0.276. The van der Waals surface area contributed by atoms with Crippen molar-refractivity contribution < 1.29 is 8.78 Å². The van der Waals surface area contributed by atoms with E-state index in [9.17, 15) is 8.78 Å². The summed E-state index contributed by atoms with van der Waals surface area (Å²) in [4.78, 5) is 0.206. The molecule has 1 aromatic rings. The normalized spacial score (nSPS) is 18.6. The molecule has 2 rings (SSSR count). The number of hydrogen-bond donors (Lipinski definition) is 0. The third-order valence-electron chi connectivity index (χ3n) is 3.12. The zero-order chi connectivity index (χ0) is 10.8. The Bertz CT molecular complexity index is 327. The summed E-state index contributed by atoms with van der Waals surface area (Å²) in [6, 6.07) is 4.04. The maximum atomic E-state index is 13.3. The molecule has 0 bridgehead atoms. The van der Waals surface area contributed by atoms with Gasteiger partial charge in [-0.1, -0.05) is 28.4 Å². The van der Waals surface area contributed by atoms with Gasteiger partial charge in [-0.25, -0.2) is 8.78 Å². The molecule has 0 saturated heterocycles. The molecule has 15 heavy (non-hydrogen) atoms. The first-order chi connectivity index (χ1) is 7.18. The van der Waals surface area contributed by atoms with Gasteiger partial charge in [-0.15, -0.1) is 0 Å². The highest BCUT2D eigenvalue weighted by Crippen LogP contribution is 2.35. The van der Waals surface area contributed by atoms with Gasteiger partial charge in [0.05, 0.1) is 0 Å². The molecule has 0 N–H and O–H groups in total. The lowest BCUT2D eigenvalue weighted by molar-refractivity contribution is 0.306. The molecule has 0 nitrogen and oxygen atoms in total. The summed E-state index contributed by atoms with van der Waals surface area (Å²) in [7, 11) is 0. The number of rotatable bonds is 3. The Morgan fingerprint density at radius 1 is 1.27 bits per heavy atom. The molecule has 1 saturated carbocycles. The van der Waals surface area contributed by atoms with E-state index >= 15 is 0 Å². The van der Waals surface area contributed by atoms with Crippen LogP contribution in [0.15, 0.2) is 18.2 Å². The lowest BCUT2D eigenvalue weighted by Crippen LogP contribution is -2.24. The van der Waals surface area contributed by atoms with Gasteiger partial charge < -0.3 is 0 Å². The maximum Gasteiger partial charge on any atom is 0.129 e. The highest BCUT2D eigenvalue weighted by Gasteiger charge is 2.26. The zero-order valence-electron chi connectivity index (χ0n) is 8.35. The van der Waals surface area contributed by atoms with E-state index in [0.29, 0.717) is 12.3 Å². The second-order valence-corrected chi connectivity index (χ2v) is 5.29. The van der Waals surface area contributed by atoms with Crippen LogP contribution in [0, 0.1) is 17.6 Å². The Balaban J connectivity index is 2.09. The minimum atomic E-state index is -0.432. The SMILES string of the molecule is Fc1cccc(F)c1CC(Br)C1CCC1. The molecule has 82 valence electrons. The summed E-state index contributed by atoms with van der Waals surface area (Å²) >= 11 is 3.53. The Labute approximate surface area is 96.8 Å². The van der Waals surface area contributed by atoms with E-state index < -0.39 is 11.6 Å². The van der Waals surface area contributed by atoms with Crippen molar-refractivity contribution in [2.45, 2.75) is 30.5 Å². The van der Waals surface area contributed by atoms with E-state index in [0.717, 1.165) is 0 Å². The van der Waals surface area contributed by atoms with Gasteiger partial charge in [0, 0.05) is 10.4 Å². The van der Waals surface area contributed by atoms with Crippen LogP contribution >= 0.6 is 15.9 Å².